The van der Waals surface area contributed by atoms with E-state index in [1.807, 2.05) is 31.2 Å². The highest BCUT2D eigenvalue weighted by molar-refractivity contribution is 6.04. The maximum atomic E-state index is 12.6. The molecular weight excluding hydrogens is 384 g/mol. The SMILES string of the molecule is COc1ccc(CCc2cc(C)c(C(=O)Nc3cc(C)c(C)[nH]c3=O)c(=O)o2)cc1. The van der Waals surface area contributed by atoms with Crippen molar-refractivity contribution in [1.29, 1.82) is 0 Å². The highest BCUT2D eigenvalue weighted by Crippen LogP contribution is 2.15. The van der Waals surface area contributed by atoms with Crippen molar-refractivity contribution in [3.05, 3.63) is 90.9 Å². The zero-order chi connectivity index (χ0) is 21.8. The molecule has 0 saturated heterocycles. The quantitative estimate of drug-likeness (QED) is 0.652. The lowest BCUT2D eigenvalue weighted by Gasteiger charge is -2.09. The Morgan fingerprint density at radius 3 is 2.37 bits per heavy atom. The van der Waals surface area contributed by atoms with E-state index in [2.05, 4.69) is 10.3 Å². The number of nitrogens with one attached hydrogen (secondary N) is 2. The fourth-order valence-electron chi connectivity index (χ4n) is 3.13. The third-order valence-corrected chi connectivity index (χ3v) is 4.99. The molecule has 1 aromatic carbocycles. The second-order valence-electron chi connectivity index (χ2n) is 7.18. The number of anilines is 1. The maximum absolute atomic E-state index is 12.6. The Kier molecular flexibility index (Phi) is 6.20. The van der Waals surface area contributed by atoms with Gasteiger partial charge in [-0.3, -0.25) is 9.59 Å². The van der Waals surface area contributed by atoms with Gasteiger partial charge in [0.05, 0.1) is 7.11 Å². The molecule has 0 unspecified atom stereocenters. The van der Waals surface area contributed by atoms with E-state index in [0.717, 1.165) is 22.6 Å². The number of amides is 1. The van der Waals surface area contributed by atoms with Gasteiger partial charge in [-0.05, 0) is 68.1 Å². The number of H-pyrrole nitrogens is 1. The van der Waals surface area contributed by atoms with Crippen LogP contribution < -0.4 is 21.2 Å². The van der Waals surface area contributed by atoms with Crippen molar-refractivity contribution in [3.8, 4) is 5.75 Å². The molecular formula is C23H24N2O5. The predicted molar refractivity (Wildman–Crippen MR) is 115 cm³/mol. The molecule has 0 aliphatic carbocycles. The molecule has 0 spiro atoms. The Bertz CT molecular complexity index is 1190. The fraction of sp³-hybridized carbons (Fsp3) is 0.261. The highest BCUT2D eigenvalue weighted by atomic mass is 16.5. The van der Waals surface area contributed by atoms with Crippen molar-refractivity contribution >= 4 is 11.6 Å². The first-order chi connectivity index (χ1) is 14.3. The van der Waals surface area contributed by atoms with E-state index in [9.17, 15) is 14.4 Å². The van der Waals surface area contributed by atoms with Crippen LogP contribution >= 0.6 is 0 Å². The van der Waals surface area contributed by atoms with Crippen LogP contribution in [0.1, 0.15) is 38.5 Å². The van der Waals surface area contributed by atoms with Gasteiger partial charge in [0.1, 0.15) is 22.8 Å². The summed E-state index contributed by atoms with van der Waals surface area (Å²) in [5.74, 6) is 0.602. The first kappa shape index (κ1) is 21.1. The second kappa shape index (κ2) is 8.82. The first-order valence-electron chi connectivity index (χ1n) is 9.57. The Balaban J connectivity index is 1.77. The topological polar surface area (TPSA) is 101 Å². The molecule has 156 valence electrons. The molecule has 0 saturated carbocycles. The molecule has 0 fully saturated rings. The fourth-order valence-corrected chi connectivity index (χ4v) is 3.13. The van der Waals surface area contributed by atoms with Gasteiger partial charge < -0.3 is 19.5 Å². The summed E-state index contributed by atoms with van der Waals surface area (Å²) in [6, 6.07) is 10.9. The largest absolute Gasteiger partial charge is 0.497 e. The molecule has 3 aromatic rings. The number of aromatic amines is 1. The van der Waals surface area contributed by atoms with Crippen molar-refractivity contribution in [2.75, 3.05) is 12.4 Å². The third kappa shape index (κ3) is 4.68. The predicted octanol–water partition coefficient (Wildman–Crippen LogP) is 3.30. The van der Waals surface area contributed by atoms with Crippen molar-refractivity contribution in [2.45, 2.75) is 33.6 Å². The average molecular weight is 408 g/mol. The van der Waals surface area contributed by atoms with E-state index in [4.69, 9.17) is 9.15 Å². The minimum Gasteiger partial charge on any atom is -0.497 e. The van der Waals surface area contributed by atoms with Crippen LogP contribution in [0, 0.1) is 20.8 Å². The second-order valence-corrected chi connectivity index (χ2v) is 7.18. The Hall–Kier alpha value is -3.61. The Morgan fingerprint density at radius 1 is 1.03 bits per heavy atom. The molecule has 2 heterocycles. The van der Waals surface area contributed by atoms with Crippen LogP contribution in [0.25, 0.3) is 0 Å². The molecule has 1 amide bonds. The van der Waals surface area contributed by atoms with Gasteiger partial charge in [-0.25, -0.2) is 4.79 Å². The van der Waals surface area contributed by atoms with Crippen LogP contribution in [0.5, 0.6) is 5.75 Å². The molecule has 7 nitrogen and oxygen atoms in total. The lowest BCUT2D eigenvalue weighted by molar-refractivity contribution is 0.102. The minimum atomic E-state index is -0.725. The van der Waals surface area contributed by atoms with Crippen molar-refractivity contribution in [3.63, 3.8) is 0 Å². The van der Waals surface area contributed by atoms with E-state index < -0.39 is 17.1 Å². The summed E-state index contributed by atoms with van der Waals surface area (Å²) >= 11 is 0. The van der Waals surface area contributed by atoms with Gasteiger partial charge in [-0.2, -0.15) is 0 Å². The summed E-state index contributed by atoms with van der Waals surface area (Å²) in [4.78, 5) is 39.8. The van der Waals surface area contributed by atoms with Crippen molar-refractivity contribution in [2.24, 2.45) is 0 Å². The summed E-state index contributed by atoms with van der Waals surface area (Å²) in [7, 11) is 1.61. The summed E-state index contributed by atoms with van der Waals surface area (Å²) in [5.41, 5.74) is 1.94. The van der Waals surface area contributed by atoms with E-state index in [1.54, 1.807) is 33.1 Å². The molecule has 0 bridgehead atoms. The standard InChI is InChI=1S/C23H24N2O5/c1-13-12-19(21(26)24-15(13)3)25-22(27)20-14(2)11-18(30-23(20)28)10-7-16-5-8-17(29-4)9-6-16/h5-6,8-9,11-12H,7,10H2,1-4H3,(H,24,26)(H,25,27). The minimum absolute atomic E-state index is 0.0884. The highest BCUT2D eigenvalue weighted by Gasteiger charge is 2.18. The van der Waals surface area contributed by atoms with Gasteiger partial charge in [-0.15, -0.1) is 0 Å². The molecule has 0 aliphatic heterocycles. The third-order valence-electron chi connectivity index (χ3n) is 4.99. The lowest BCUT2D eigenvalue weighted by atomic mass is 10.1. The number of carbonyl (C=O) groups is 1. The van der Waals surface area contributed by atoms with E-state index >= 15 is 0 Å². The Labute approximate surface area is 173 Å². The number of benzene rings is 1. The average Bonchev–Trinajstić information content (AvgIpc) is 2.70. The summed E-state index contributed by atoms with van der Waals surface area (Å²) in [6.07, 6.45) is 1.19. The zero-order valence-corrected chi connectivity index (χ0v) is 17.4. The van der Waals surface area contributed by atoms with Crippen LogP contribution in [0.3, 0.4) is 0 Å². The first-order valence-corrected chi connectivity index (χ1v) is 9.57. The van der Waals surface area contributed by atoms with Gasteiger partial charge in [0.2, 0.25) is 0 Å². The molecule has 3 rings (SSSR count). The molecule has 2 N–H and O–H groups in total. The molecule has 2 aromatic heterocycles. The number of ether oxygens (including phenoxy) is 1. The monoisotopic (exact) mass is 408 g/mol. The van der Waals surface area contributed by atoms with Crippen LogP contribution in [-0.2, 0) is 12.8 Å². The number of carbonyl (C=O) groups excluding carboxylic acids is 1. The molecule has 7 heteroatoms. The van der Waals surface area contributed by atoms with Crippen molar-refractivity contribution < 1.29 is 13.9 Å². The maximum Gasteiger partial charge on any atom is 0.349 e. The van der Waals surface area contributed by atoms with Gasteiger partial charge in [0.25, 0.3) is 11.5 Å². The number of aryl methyl sites for hydroxylation is 5. The molecule has 0 atom stereocenters. The zero-order valence-electron chi connectivity index (χ0n) is 17.4. The number of rotatable bonds is 6. The molecule has 0 radical (unpaired) electrons. The normalized spacial score (nSPS) is 10.7. The summed E-state index contributed by atoms with van der Waals surface area (Å²) in [6.45, 7) is 5.26. The number of methoxy groups -OCH3 is 1. The number of aromatic nitrogens is 1. The number of hydrogen-bond donors (Lipinski definition) is 2. The van der Waals surface area contributed by atoms with Crippen LogP contribution in [-0.4, -0.2) is 18.0 Å². The molecule has 0 aliphatic rings. The summed E-state index contributed by atoms with van der Waals surface area (Å²) in [5, 5.41) is 2.51. The van der Waals surface area contributed by atoms with Crippen LogP contribution in [0.15, 0.2) is 50.4 Å². The summed E-state index contributed by atoms with van der Waals surface area (Å²) < 4.78 is 10.5. The Morgan fingerprint density at radius 2 is 1.73 bits per heavy atom. The molecule has 30 heavy (non-hydrogen) atoms. The van der Waals surface area contributed by atoms with Gasteiger partial charge in [-0.1, -0.05) is 12.1 Å². The smallest absolute Gasteiger partial charge is 0.349 e. The van der Waals surface area contributed by atoms with Gasteiger partial charge in [0, 0.05) is 12.1 Å². The van der Waals surface area contributed by atoms with Crippen LogP contribution in [0.4, 0.5) is 5.69 Å². The van der Waals surface area contributed by atoms with Gasteiger partial charge >= 0.3 is 5.63 Å². The number of hydrogen-bond acceptors (Lipinski definition) is 5. The van der Waals surface area contributed by atoms with Crippen LogP contribution in [0.2, 0.25) is 0 Å². The number of pyridine rings is 1. The van der Waals surface area contributed by atoms with E-state index in [-0.39, 0.29) is 11.3 Å². The van der Waals surface area contributed by atoms with Gasteiger partial charge in [0.15, 0.2) is 0 Å². The van der Waals surface area contributed by atoms with E-state index in [0.29, 0.717) is 24.2 Å². The van der Waals surface area contributed by atoms with Crippen molar-refractivity contribution in [1.82, 2.24) is 4.98 Å². The van der Waals surface area contributed by atoms with E-state index in [1.165, 1.54) is 0 Å². The lowest BCUT2D eigenvalue weighted by Crippen LogP contribution is -2.26.